The molecule has 56 valence electrons. The van der Waals surface area contributed by atoms with E-state index in [9.17, 15) is 4.89 Å². The van der Waals surface area contributed by atoms with Gasteiger partial charge in [-0.1, -0.05) is 20.8 Å². The molecular formula is C6H16NOP. The lowest BCUT2D eigenvalue weighted by Gasteiger charge is -2.22. The molecule has 0 aliphatic heterocycles. The van der Waals surface area contributed by atoms with Crippen LogP contribution in [0.2, 0.25) is 0 Å². The molecule has 0 saturated heterocycles. The summed E-state index contributed by atoms with van der Waals surface area (Å²) in [7, 11) is -0.809. The van der Waals surface area contributed by atoms with Gasteiger partial charge in [-0.3, -0.25) is 4.67 Å². The van der Waals surface area contributed by atoms with Crippen molar-refractivity contribution < 1.29 is 4.89 Å². The third-order valence-electron chi connectivity index (χ3n) is 1.34. The monoisotopic (exact) mass is 149 g/mol. The molecule has 0 amide bonds. The molecule has 2 nitrogen and oxygen atoms in total. The van der Waals surface area contributed by atoms with Crippen molar-refractivity contribution >= 4 is 8.30 Å². The Labute approximate surface area is 58.8 Å². The van der Waals surface area contributed by atoms with Crippen molar-refractivity contribution in [3.63, 3.8) is 0 Å². The minimum atomic E-state index is -0.809. The van der Waals surface area contributed by atoms with E-state index < -0.39 is 8.30 Å². The summed E-state index contributed by atoms with van der Waals surface area (Å²) in [5.41, 5.74) is 0. The molecule has 1 N–H and O–H groups in total. The van der Waals surface area contributed by atoms with E-state index >= 15 is 0 Å². The first-order chi connectivity index (χ1) is 4.26. The summed E-state index contributed by atoms with van der Waals surface area (Å²) >= 11 is 0. The third-order valence-corrected chi connectivity index (χ3v) is 3.12. The number of hydrogen-bond donors (Lipinski definition) is 1. The first-order valence-corrected chi connectivity index (χ1v) is 4.90. The van der Waals surface area contributed by atoms with Crippen LogP contribution >= 0.6 is 8.30 Å². The van der Waals surface area contributed by atoms with Crippen molar-refractivity contribution in [2.75, 3.05) is 19.3 Å². The van der Waals surface area contributed by atoms with Crippen LogP contribution in [0.15, 0.2) is 0 Å². The second-order valence-electron chi connectivity index (χ2n) is 1.83. The highest BCUT2D eigenvalue weighted by Gasteiger charge is 2.07. The van der Waals surface area contributed by atoms with Crippen LogP contribution in [0.5, 0.6) is 0 Å². The Balaban J connectivity index is 3.50. The van der Waals surface area contributed by atoms with E-state index in [1.165, 1.54) is 0 Å². The van der Waals surface area contributed by atoms with E-state index in [1.54, 1.807) is 0 Å². The lowest BCUT2D eigenvalue weighted by atomic mass is 10.7. The summed E-state index contributed by atoms with van der Waals surface area (Å²) in [4.78, 5) is 9.31. The number of hydrogen-bond acceptors (Lipinski definition) is 2. The lowest BCUT2D eigenvalue weighted by molar-refractivity contribution is 0.443. The third kappa shape index (κ3) is 3.14. The zero-order valence-corrected chi connectivity index (χ0v) is 7.36. The van der Waals surface area contributed by atoms with Crippen LogP contribution in [-0.2, 0) is 0 Å². The highest BCUT2D eigenvalue weighted by Crippen LogP contribution is 2.33. The molecule has 0 aromatic carbocycles. The van der Waals surface area contributed by atoms with Crippen LogP contribution in [-0.4, -0.2) is 28.8 Å². The molecule has 3 heteroatoms. The van der Waals surface area contributed by atoms with Crippen molar-refractivity contribution in [2.24, 2.45) is 0 Å². The molecule has 0 spiro atoms. The van der Waals surface area contributed by atoms with Crippen molar-refractivity contribution in [2.45, 2.75) is 20.8 Å². The summed E-state index contributed by atoms with van der Waals surface area (Å²) in [6.45, 7) is 8.10. The lowest BCUT2D eigenvalue weighted by Crippen LogP contribution is -2.17. The number of nitrogens with zero attached hydrogens (tertiary/aromatic N) is 1. The average molecular weight is 149 g/mol. The van der Waals surface area contributed by atoms with Crippen LogP contribution in [0.3, 0.4) is 0 Å². The Kier molecular flexibility index (Phi) is 5.36. The first-order valence-electron chi connectivity index (χ1n) is 3.47. The maximum absolute atomic E-state index is 9.31. The van der Waals surface area contributed by atoms with E-state index in [1.807, 2.05) is 6.92 Å². The molecule has 0 fully saturated rings. The second-order valence-corrected chi connectivity index (χ2v) is 3.77. The van der Waals surface area contributed by atoms with Gasteiger partial charge in [0.15, 0.2) is 0 Å². The maximum atomic E-state index is 9.31. The van der Waals surface area contributed by atoms with Gasteiger partial charge >= 0.3 is 0 Å². The van der Waals surface area contributed by atoms with Crippen LogP contribution in [0.25, 0.3) is 0 Å². The molecule has 0 rings (SSSR count). The van der Waals surface area contributed by atoms with E-state index in [2.05, 4.69) is 18.5 Å². The predicted octanol–water partition coefficient (Wildman–Crippen LogP) is 1.65. The smallest absolute Gasteiger partial charge is 0.100 e. The van der Waals surface area contributed by atoms with Crippen molar-refractivity contribution in [3.05, 3.63) is 0 Å². The van der Waals surface area contributed by atoms with Gasteiger partial charge in [0.1, 0.15) is 8.30 Å². The minimum Gasteiger partial charge on any atom is -0.359 e. The molecule has 0 heterocycles. The fourth-order valence-corrected chi connectivity index (χ4v) is 1.80. The van der Waals surface area contributed by atoms with Gasteiger partial charge in [-0.05, 0) is 0 Å². The molecule has 0 aliphatic rings. The highest BCUT2D eigenvalue weighted by molar-refractivity contribution is 7.48. The van der Waals surface area contributed by atoms with Gasteiger partial charge in [0.05, 0.1) is 0 Å². The van der Waals surface area contributed by atoms with Crippen LogP contribution in [0.4, 0.5) is 0 Å². The summed E-state index contributed by atoms with van der Waals surface area (Å²) in [5, 5.41) is 0. The van der Waals surface area contributed by atoms with E-state index in [0.717, 1.165) is 19.3 Å². The largest absolute Gasteiger partial charge is 0.359 e. The normalized spacial score (nSPS) is 14.3. The van der Waals surface area contributed by atoms with Gasteiger partial charge in [0.25, 0.3) is 0 Å². The molecular weight excluding hydrogens is 133 g/mol. The molecule has 0 saturated carbocycles. The molecule has 9 heavy (non-hydrogen) atoms. The minimum absolute atomic E-state index is 0.809. The Hall–Kier alpha value is 0.350. The summed E-state index contributed by atoms with van der Waals surface area (Å²) in [6, 6.07) is 0. The topological polar surface area (TPSA) is 23.5 Å². The van der Waals surface area contributed by atoms with Crippen LogP contribution in [0, 0.1) is 0 Å². The second kappa shape index (κ2) is 5.16. The van der Waals surface area contributed by atoms with Gasteiger partial charge in [-0.25, -0.2) is 0 Å². The Morgan fingerprint density at radius 3 is 1.78 bits per heavy atom. The van der Waals surface area contributed by atoms with Gasteiger partial charge < -0.3 is 4.89 Å². The SMILES string of the molecule is CCN(CC)P(O)CC. The van der Waals surface area contributed by atoms with Crippen molar-refractivity contribution in [1.82, 2.24) is 4.67 Å². The van der Waals surface area contributed by atoms with Gasteiger partial charge in [0.2, 0.25) is 0 Å². The Morgan fingerprint density at radius 1 is 1.22 bits per heavy atom. The summed E-state index contributed by atoms with van der Waals surface area (Å²) in [5.74, 6) is 0. The number of rotatable bonds is 4. The van der Waals surface area contributed by atoms with Crippen LogP contribution in [0.1, 0.15) is 20.8 Å². The molecule has 0 aromatic rings. The van der Waals surface area contributed by atoms with E-state index in [4.69, 9.17) is 0 Å². The molecule has 0 radical (unpaired) electrons. The predicted molar refractivity (Wildman–Crippen MR) is 42.6 cm³/mol. The average Bonchev–Trinajstić information content (AvgIpc) is 1.90. The maximum Gasteiger partial charge on any atom is 0.100 e. The quantitative estimate of drug-likeness (QED) is 0.614. The molecule has 1 atom stereocenters. The van der Waals surface area contributed by atoms with Crippen molar-refractivity contribution in [3.8, 4) is 0 Å². The fraction of sp³-hybridized carbons (Fsp3) is 1.00. The van der Waals surface area contributed by atoms with Gasteiger partial charge in [0, 0.05) is 19.3 Å². The Bertz CT molecular complexity index is 66.1. The molecule has 1 unspecified atom stereocenters. The highest BCUT2D eigenvalue weighted by atomic mass is 31.2. The first kappa shape index (κ1) is 9.35. The van der Waals surface area contributed by atoms with Crippen molar-refractivity contribution in [1.29, 1.82) is 0 Å². The molecule has 0 aliphatic carbocycles. The zero-order chi connectivity index (χ0) is 7.28. The zero-order valence-electron chi connectivity index (χ0n) is 6.46. The Morgan fingerprint density at radius 2 is 1.67 bits per heavy atom. The fourth-order valence-electron chi connectivity index (χ4n) is 0.750. The van der Waals surface area contributed by atoms with Gasteiger partial charge in [-0.2, -0.15) is 0 Å². The molecule has 0 bridgehead atoms. The molecule has 0 aromatic heterocycles. The summed E-state index contributed by atoms with van der Waals surface area (Å²) < 4.78 is 2.09. The van der Waals surface area contributed by atoms with Crippen LogP contribution < -0.4 is 0 Å². The summed E-state index contributed by atoms with van der Waals surface area (Å²) in [6.07, 6.45) is 0.886. The van der Waals surface area contributed by atoms with E-state index in [-0.39, 0.29) is 0 Å². The standard InChI is InChI=1S/C6H16NOP/c1-4-7(5-2)9(8)6-3/h8H,4-6H2,1-3H3. The van der Waals surface area contributed by atoms with Gasteiger partial charge in [-0.15, -0.1) is 0 Å². The van der Waals surface area contributed by atoms with E-state index in [0.29, 0.717) is 0 Å².